The molecule has 6 nitrogen and oxygen atoms in total. The van der Waals surface area contributed by atoms with E-state index in [4.69, 9.17) is 0 Å². The average molecular weight is 343 g/mol. The number of nitrogens with zero attached hydrogens (tertiary/aromatic N) is 3. The van der Waals surface area contributed by atoms with Gasteiger partial charge in [0.05, 0.1) is 11.9 Å². The molecule has 1 atom stereocenters. The Balaban J connectivity index is 1.56. The van der Waals surface area contributed by atoms with Gasteiger partial charge in [0.15, 0.2) is 0 Å². The molecule has 7 heteroatoms. The molecule has 126 valence electrons. The van der Waals surface area contributed by atoms with E-state index >= 15 is 0 Å². The number of nitrogens with one attached hydrogen (secondary N) is 2. The van der Waals surface area contributed by atoms with Gasteiger partial charge in [0.1, 0.15) is 5.75 Å². The second-order valence-corrected chi connectivity index (χ2v) is 7.27. The first kappa shape index (κ1) is 15.4. The van der Waals surface area contributed by atoms with Crippen LogP contribution in [0.15, 0.2) is 30.5 Å². The van der Waals surface area contributed by atoms with Crippen molar-refractivity contribution in [3.05, 3.63) is 30.5 Å². The van der Waals surface area contributed by atoms with Gasteiger partial charge in [-0.2, -0.15) is 0 Å². The topological polar surface area (TPSA) is 74.5 Å². The zero-order valence-corrected chi connectivity index (χ0v) is 14.4. The number of benzene rings is 1. The highest BCUT2D eigenvalue weighted by molar-refractivity contribution is 7.20. The first-order chi connectivity index (χ1) is 11.7. The molecule has 4 rings (SSSR count). The number of rotatable bonds is 4. The van der Waals surface area contributed by atoms with Crippen molar-refractivity contribution in [1.82, 2.24) is 19.9 Å². The van der Waals surface area contributed by atoms with Crippen LogP contribution in [0.3, 0.4) is 0 Å². The number of fused-ring (bicyclic) bond motifs is 1. The summed E-state index contributed by atoms with van der Waals surface area (Å²) in [5, 5.41) is 22.0. The lowest BCUT2D eigenvalue weighted by molar-refractivity contribution is 0.343. The molecule has 3 aromatic rings. The van der Waals surface area contributed by atoms with E-state index < -0.39 is 0 Å². The molecule has 1 saturated heterocycles. The van der Waals surface area contributed by atoms with E-state index in [-0.39, 0.29) is 5.75 Å². The Morgan fingerprint density at radius 1 is 1.29 bits per heavy atom. The van der Waals surface area contributed by atoms with Gasteiger partial charge in [-0.15, -0.1) is 5.10 Å². The number of phenols is 1. The summed E-state index contributed by atoms with van der Waals surface area (Å²) in [5.41, 5.74) is 1.92. The van der Waals surface area contributed by atoms with Gasteiger partial charge < -0.3 is 15.7 Å². The van der Waals surface area contributed by atoms with Crippen LogP contribution < -0.4 is 10.6 Å². The largest absolute Gasteiger partial charge is 0.508 e. The monoisotopic (exact) mass is 343 g/mol. The van der Waals surface area contributed by atoms with Crippen molar-refractivity contribution in [2.75, 3.05) is 18.4 Å². The average Bonchev–Trinajstić information content (AvgIpc) is 3.16. The van der Waals surface area contributed by atoms with Crippen LogP contribution in [0.5, 0.6) is 5.75 Å². The number of imidazole rings is 1. The normalized spacial score (nSPS) is 17.2. The Kier molecular flexibility index (Phi) is 4.12. The fourth-order valence-electron chi connectivity index (χ4n) is 3.24. The van der Waals surface area contributed by atoms with Crippen LogP contribution in [0.4, 0.5) is 5.13 Å². The third-order valence-electron chi connectivity index (χ3n) is 4.69. The van der Waals surface area contributed by atoms with Crippen LogP contribution in [-0.2, 0) is 0 Å². The summed E-state index contributed by atoms with van der Waals surface area (Å²) in [6.45, 7) is 4.44. The molecule has 3 heterocycles. The summed E-state index contributed by atoms with van der Waals surface area (Å²) < 4.78 is 1.87. The second-order valence-electron chi connectivity index (χ2n) is 6.31. The molecule has 0 spiro atoms. The number of aromatic hydroxyl groups is 1. The molecular weight excluding hydrogens is 322 g/mol. The van der Waals surface area contributed by atoms with Gasteiger partial charge in [-0.25, -0.2) is 9.50 Å². The van der Waals surface area contributed by atoms with Crippen LogP contribution in [0.1, 0.15) is 19.8 Å². The molecule has 1 aliphatic heterocycles. The molecule has 1 fully saturated rings. The summed E-state index contributed by atoms with van der Waals surface area (Å²) >= 11 is 1.57. The van der Waals surface area contributed by atoms with Crippen molar-refractivity contribution < 1.29 is 5.11 Å². The summed E-state index contributed by atoms with van der Waals surface area (Å²) in [5.74, 6) is 0.940. The quantitative estimate of drug-likeness (QED) is 0.679. The van der Waals surface area contributed by atoms with Crippen LogP contribution in [0, 0.1) is 5.92 Å². The van der Waals surface area contributed by atoms with Crippen molar-refractivity contribution in [3.63, 3.8) is 0 Å². The summed E-state index contributed by atoms with van der Waals surface area (Å²) in [4.78, 5) is 5.34. The van der Waals surface area contributed by atoms with Crippen LogP contribution >= 0.6 is 11.3 Å². The molecule has 0 bridgehead atoms. The minimum Gasteiger partial charge on any atom is -0.508 e. The number of phenolic OH excluding ortho intramolecular Hbond substituents is 1. The summed E-state index contributed by atoms with van der Waals surface area (Å²) in [6.07, 6.45) is 4.23. The molecule has 0 aliphatic carbocycles. The van der Waals surface area contributed by atoms with Crippen molar-refractivity contribution in [3.8, 4) is 17.0 Å². The standard InChI is InChI=1S/C17H21N5OS/c1-11(12-6-8-18-9-7-12)20-16-21-22-15(10-19-17(22)24-16)13-2-4-14(23)5-3-13/h2-5,10-12,18,23H,6-9H2,1H3,(H,20,21). The Labute approximate surface area is 144 Å². The molecule has 1 unspecified atom stereocenters. The van der Waals surface area contributed by atoms with Gasteiger partial charge in [-0.05, 0) is 63.0 Å². The highest BCUT2D eigenvalue weighted by atomic mass is 32.1. The predicted octanol–water partition coefficient (Wildman–Crippen LogP) is 2.96. The Bertz CT molecular complexity index is 819. The molecule has 0 amide bonds. The highest BCUT2D eigenvalue weighted by Gasteiger charge is 2.21. The first-order valence-corrected chi connectivity index (χ1v) is 9.13. The van der Waals surface area contributed by atoms with Crippen molar-refractivity contribution in [2.24, 2.45) is 5.92 Å². The SMILES string of the molecule is CC(Nc1nn2c(-c3ccc(O)cc3)cnc2s1)C1CCNCC1. The van der Waals surface area contributed by atoms with Gasteiger partial charge >= 0.3 is 0 Å². The third kappa shape index (κ3) is 2.97. The van der Waals surface area contributed by atoms with Crippen LogP contribution in [0.25, 0.3) is 16.2 Å². The minimum absolute atomic E-state index is 0.260. The molecule has 24 heavy (non-hydrogen) atoms. The Morgan fingerprint density at radius 2 is 2.04 bits per heavy atom. The smallest absolute Gasteiger partial charge is 0.214 e. The molecule has 3 N–H and O–H groups in total. The van der Waals surface area contributed by atoms with E-state index in [1.807, 2.05) is 22.8 Å². The van der Waals surface area contributed by atoms with Gasteiger partial charge in [0.2, 0.25) is 10.1 Å². The van der Waals surface area contributed by atoms with Crippen molar-refractivity contribution >= 4 is 21.4 Å². The van der Waals surface area contributed by atoms with E-state index in [1.54, 1.807) is 23.5 Å². The Morgan fingerprint density at radius 3 is 2.79 bits per heavy atom. The van der Waals surface area contributed by atoms with Crippen LogP contribution in [-0.4, -0.2) is 38.8 Å². The number of hydrogen-bond donors (Lipinski definition) is 3. The fourth-order valence-corrected chi connectivity index (χ4v) is 4.11. The maximum atomic E-state index is 9.44. The van der Waals surface area contributed by atoms with Crippen molar-refractivity contribution in [1.29, 1.82) is 0 Å². The maximum Gasteiger partial charge on any atom is 0.214 e. The molecule has 0 radical (unpaired) electrons. The number of piperidine rings is 1. The van der Waals surface area contributed by atoms with Gasteiger partial charge in [0, 0.05) is 11.6 Å². The lowest BCUT2D eigenvalue weighted by Crippen LogP contribution is -2.36. The van der Waals surface area contributed by atoms with Gasteiger partial charge in [-0.1, -0.05) is 11.3 Å². The summed E-state index contributed by atoms with van der Waals surface area (Å²) in [7, 11) is 0. The zero-order valence-electron chi connectivity index (χ0n) is 13.6. The number of hydrogen-bond acceptors (Lipinski definition) is 6. The van der Waals surface area contributed by atoms with Gasteiger partial charge in [0.25, 0.3) is 0 Å². The lowest BCUT2D eigenvalue weighted by atomic mass is 9.91. The van der Waals surface area contributed by atoms with E-state index in [2.05, 4.69) is 27.6 Å². The minimum atomic E-state index is 0.260. The molecular formula is C17H21N5OS. The molecule has 2 aromatic heterocycles. The molecule has 1 aliphatic rings. The number of aromatic nitrogens is 3. The highest BCUT2D eigenvalue weighted by Crippen LogP contribution is 2.28. The molecule has 0 saturated carbocycles. The predicted molar refractivity (Wildman–Crippen MR) is 96.6 cm³/mol. The van der Waals surface area contributed by atoms with E-state index in [0.29, 0.717) is 12.0 Å². The van der Waals surface area contributed by atoms with E-state index in [1.165, 1.54) is 12.8 Å². The van der Waals surface area contributed by atoms with Gasteiger partial charge in [-0.3, -0.25) is 0 Å². The third-order valence-corrected chi connectivity index (χ3v) is 5.54. The van der Waals surface area contributed by atoms with Crippen LogP contribution in [0.2, 0.25) is 0 Å². The second kappa shape index (κ2) is 6.41. The van der Waals surface area contributed by atoms with E-state index in [9.17, 15) is 5.11 Å². The number of anilines is 1. The lowest BCUT2D eigenvalue weighted by Gasteiger charge is -2.28. The maximum absolute atomic E-state index is 9.44. The van der Waals surface area contributed by atoms with E-state index in [0.717, 1.165) is 34.4 Å². The zero-order chi connectivity index (χ0) is 16.5. The first-order valence-electron chi connectivity index (χ1n) is 8.32. The Hall–Kier alpha value is -2.12. The van der Waals surface area contributed by atoms with Crippen molar-refractivity contribution in [2.45, 2.75) is 25.8 Å². The molecule has 1 aromatic carbocycles. The summed E-state index contributed by atoms with van der Waals surface area (Å²) in [6, 6.07) is 7.52. The fraction of sp³-hybridized carbons (Fsp3) is 0.412.